The average Bonchev–Trinajstić information content (AvgIpc) is 3.35. The third-order valence-corrected chi connectivity index (χ3v) is 5.38. The van der Waals surface area contributed by atoms with Crippen LogP contribution in [-0.2, 0) is 16.1 Å². The fraction of sp³-hybridized carbons (Fsp3) is 0.222. The number of anilines is 1. The standard InChI is InChI=1S/C18H17ClN4O4S2/c1-2-26-17(25)13-7-8-28-16(13)21-15(24)10-29-18-20-14(22-23-18)9-27-12-5-3-11(19)4-6-12/h3-8H,2,9-10H2,1H3,(H,21,24)(H,20,22,23). The highest BCUT2D eigenvalue weighted by atomic mass is 35.5. The Morgan fingerprint density at radius 3 is 2.83 bits per heavy atom. The van der Waals surface area contributed by atoms with Crippen molar-refractivity contribution >= 4 is 51.6 Å². The lowest BCUT2D eigenvalue weighted by atomic mass is 10.3. The largest absolute Gasteiger partial charge is 0.486 e. The van der Waals surface area contributed by atoms with Crippen molar-refractivity contribution in [1.82, 2.24) is 15.2 Å². The molecule has 3 rings (SSSR count). The predicted molar refractivity (Wildman–Crippen MR) is 112 cm³/mol. The number of hydrogen-bond acceptors (Lipinski definition) is 8. The summed E-state index contributed by atoms with van der Waals surface area (Å²) >= 11 is 8.26. The van der Waals surface area contributed by atoms with Crippen molar-refractivity contribution in [2.24, 2.45) is 0 Å². The Bertz CT molecular complexity index is 974. The molecule has 1 amide bonds. The number of nitrogens with one attached hydrogen (secondary N) is 2. The molecule has 0 atom stereocenters. The van der Waals surface area contributed by atoms with Gasteiger partial charge in [-0.05, 0) is 42.6 Å². The van der Waals surface area contributed by atoms with E-state index in [4.69, 9.17) is 21.1 Å². The molecule has 0 aliphatic heterocycles. The first-order valence-electron chi connectivity index (χ1n) is 8.52. The number of halogens is 1. The monoisotopic (exact) mass is 452 g/mol. The molecule has 0 radical (unpaired) electrons. The Kier molecular flexibility index (Phi) is 7.50. The Morgan fingerprint density at radius 1 is 1.28 bits per heavy atom. The highest BCUT2D eigenvalue weighted by molar-refractivity contribution is 7.99. The zero-order chi connectivity index (χ0) is 20.6. The summed E-state index contributed by atoms with van der Waals surface area (Å²) in [6.07, 6.45) is 0. The van der Waals surface area contributed by atoms with Crippen molar-refractivity contribution in [3.63, 3.8) is 0 Å². The van der Waals surface area contributed by atoms with Gasteiger partial charge in [0.2, 0.25) is 11.1 Å². The van der Waals surface area contributed by atoms with Crippen LogP contribution in [-0.4, -0.2) is 39.4 Å². The molecule has 3 aromatic rings. The van der Waals surface area contributed by atoms with Gasteiger partial charge in [-0.25, -0.2) is 9.78 Å². The second-order valence-electron chi connectivity index (χ2n) is 5.53. The van der Waals surface area contributed by atoms with E-state index in [0.717, 1.165) is 0 Å². The Balaban J connectivity index is 1.47. The SMILES string of the molecule is CCOC(=O)c1ccsc1NC(=O)CSc1n[nH]c(COc2ccc(Cl)cc2)n1. The van der Waals surface area contributed by atoms with Crippen molar-refractivity contribution in [3.8, 4) is 5.75 Å². The average molecular weight is 453 g/mol. The minimum Gasteiger partial charge on any atom is -0.486 e. The summed E-state index contributed by atoms with van der Waals surface area (Å²) in [7, 11) is 0. The number of ether oxygens (including phenoxy) is 2. The molecule has 0 fully saturated rings. The summed E-state index contributed by atoms with van der Waals surface area (Å²) in [6, 6.07) is 8.60. The van der Waals surface area contributed by atoms with Crippen molar-refractivity contribution in [2.45, 2.75) is 18.7 Å². The van der Waals surface area contributed by atoms with Crippen LogP contribution in [0.4, 0.5) is 5.00 Å². The first-order chi connectivity index (χ1) is 14.0. The van der Waals surface area contributed by atoms with Gasteiger partial charge in [-0.3, -0.25) is 9.89 Å². The third kappa shape index (κ3) is 6.21. The fourth-order valence-corrected chi connectivity index (χ4v) is 3.69. The molecule has 0 aliphatic carbocycles. The van der Waals surface area contributed by atoms with E-state index in [9.17, 15) is 9.59 Å². The molecule has 2 heterocycles. The van der Waals surface area contributed by atoms with E-state index in [0.29, 0.717) is 32.3 Å². The maximum atomic E-state index is 12.2. The number of esters is 1. The van der Waals surface area contributed by atoms with E-state index in [1.807, 2.05) is 0 Å². The summed E-state index contributed by atoms with van der Waals surface area (Å²) in [6.45, 7) is 2.21. The van der Waals surface area contributed by atoms with Gasteiger partial charge < -0.3 is 14.8 Å². The van der Waals surface area contributed by atoms with Gasteiger partial charge in [-0.2, -0.15) is 0 Å². The molecule has 2 aromatic heterocycles. The van der Waals surface area contributed by atoms with Crippen LogP contribution in [0.25, 0.3) is 0 Å². The number of aromatic nitrogens is 3. The summed E-state index contributed by atoms with van der Waals surface area (Å²) < 4.78 is 10.6. The maximum absolute atomic E-state index is 12.2. The van der Waals surface area contributed by atoms with Gasteiger partial charge in [0.25, 0.3) is 0 Å². The minimum atomic E-state index is -0.462. The fourth-order valence-electron chi connectivity index (χ4n) is 2.16. The number of benzene rings is 1. The lowest BCUT2D eigenvalue weighted by molar-refractivity contribution is -0.113. The first kappa shape index (κ1) is 21.2. The van der Waals surface area contributed by atoms with Gasteiger partial charge in [0.05, 0.1) is 17.9 Å². The van der Waals surface area contributed by atoms with E-state index in [2.05, 4.69) is 20.5 Å². The normalized spacial score (nSPS) is 10.6. The number of H-pyrrole nitrogens is 1. The summed E-state index contributed by atoms with van der Waals surface area (Å²) in [5.74, 6) is 0.552. The second-order valence-corrected chi connectivity index (χ2v) is 7.82. The quantitative estimate of drug-likeness (QED) is 0.373. The van der Waals surface area contributed by atoms with Crippen LogP contribution < -0.4 is 10.1 Å². The first-order valence-corrected chi connectivity index (χ1v) is 10.8. The van der Waals surface area contributed by atoms with Gasteiger partial charge in [-0.15, -0.1) is 16.4 Å². The summed E-state index contributed by atoms with van der Waals surface area (Å²) in [5.41, 5.74) is 0.342. The molecule has 152 valence electrons. The van der Waals surface area contributed by atoms with Gasteiger partial charge >= 0.3 is 5.97 Å². The molecular weight excluding hydrogens is 436 g/mol. The molecule has 0 spiro atoms. The van der Waals surface area contributed by atoms with E-state index in [-0.39, 0.29) is 24.9 Å². The van der Waals surface area contributed by atoms with Crippen LogP contribution >= 0.6 is 34.7 Å². The van der Waals surface area contributed by atoms with Crippen LogP contribution in [0.3, 0.4) is 0 Å². The smallest absolute Gasteiger partial charge is 0.341 e. The summed E-state index contributed by atoms with van der Waals surface area (Å²) in [4.78, 5) is 28.3. The molecule has 11 heteroatoms. The van der Waals surface area contributed by atoms with Crippen LogP contribution in [0, 0.1) is 0 Å². The number of amides is 1. The number of thioether (sulfide) groups is 1. The number of hydrogen-bond donors (Lipinski definition) is 2. The van der Waals surface area contributed by atoms with Gasteiger partial charge in [0.1, 0.15) is 17.4 Å². The molecule has 1 aromatic carbocycles. The number of nitrogens with zero attached hydrogens (tertiary/aromatic N) is 2. The molecule has 8 nitrogen and oxygen atoms in total. The van der Waals surface area contributed by atoms with Crippen molar-refractivity contribution in [3.05, 3.63) is 52.1 Å². The molecule has 0 saturated carbocycles. The molecular formula is C18H17ClN4O4S2. The molecule has 29 heavy (non-hydrogen) atoms. The molecule has 2 N–H and O–H groups in total. The van der Waals surface area contributed by atoms with E-state index >= 15 is 0 Å². The Labute approximate surface area is 180 Å². The highest BCUT2D eigenvalue weighted by Gasteiger charge is 2.16. The number of rotatable bonds is 9. The number of carbonyl (C=O) groups is 2. The van der Waals surface area contributed by atoms with Gasteiger partial charge in [-0.1, -0.05) is 23.4 Å². The highest BCUT2D eigenvalue weighted by Crippen LogP contribution is 2.25. The Hall–Kier alpha value is -2.56. The third-order valence-electron chi connectivity index (χ3n) is 3.45. The topological polar surface area (TPSA) is 106 Å². The van der Waals surface area contributed by atoms with Crippen molar-refractivity contribution in [2.75, 3.05) is 17.7 Å². The maximum Gasteiger partial charge on any atom is 0.341 e. The Morgan fingerprint density at radius 2 is 2.07 bits per heavy atom. The lowest BCUT2D eigenvalue weighted by Gasteiger charge is -2.05. The second kappa shape index (κ2) is 10.3. The van der Waals surface area contributed by atoms with Crippen molar-refractivity contribution in [1.29, 1.82) is 0 Å². The molecule has 0 aliphatic rings. The number of carbonyl (C=O) groups excluding carboxylic acids is 2. The van der Waals surface area contributed by atoms with Crippen LogP contribution in [0.2, 0.25) is 5.02 Å². The van der Waals surface area contributed by atoms with Crippen molar-refractivity contribution < 1.29 is 19.1 Å². The summed E-state index contributed by atoms with van der Waals surface area (Å²) in [5, 5.41) is 12.8. The number of thiophene rings is 1. The van der Waals surface area contributed by atoms with Gasteiger partial charge in [0.15, 0.2) is 5.82 Å². The number of aromatic amines is 1. The molecule has 0 saturated heterocycles. The van der Waals surface area contributed by atoms with Gasteiger partial charge in [0, 0.05) is 5.02 Å². The lowest BCUT2D eigenvalue weighted by Crippen LogP contribution is -2.16. The zero-order valence-electron chi connectivity index (χ0n) is 15.3. The van der Waals surface area contributed by atoms with E-state index in [1.165, 1.54) is 23.1 Å². The molecule has 0 unspecified atom stereocenters. The van der Waals surface area contributed by atoms with Crippen LogP contribution in [0.15, 0.2) is 40.9 Å². The van der Waals surface area contributed by atoms with Crippen LogP contribution in [0.1, 0.15) is 23.1 Å². The minimum absolute atomic E-state index is 0.0928. The predicted octanol–water partition coefficient (Wildman–Crippen LogP) is 4.01. The van der Waals surface area contributed by atoms with Crippen LogP contribution in [0.5, 0.6) is 5.75 Å². The van der Waals surface area contributed by atoms with E-state index < -0.39 is 5.97 Å². The van der Waals surface area contributed by atoms with E-state index in [1.54, 1.807) is 42.6 Å². The molecule has 0 bridgehead atoms. The zero-order valence-corrected chi connectivity index (χ0v) is 17.7.